The number of nitrogens with one attached hydrogen (secondary N) is 1. The highest BCUT2D eigenvalue weighted by molar-refractivity contribution is 7.18. The fourth-order valence-corrected chi connectivity index (χ4v) is 3.81. The number of para-hydroxylation sites is 1. The van der Waals surface area contributed by atoms with E-state index in [1.54, 1.807) is 43.8 Å². The van der Waals surface area contributed by atoms with Crippen molar-refractivity contribution < 1.29 is 14.3 Å². The van der Waals surface area contributed by atoms with E-state index in [0.717, 1.165) is 15.2 Å². The number of carbonyl (C=O) groups is 1. The topological polar surface area (TPSA) is 63.7 Å². The van der Waals surface area contributed by atoms with E-state index in [1.165, 1.54) is 0 Å². The summed E-state index contributed by atoms with van der Waals surface area (Å²) in [5.41, 5.74) is 1.58. The summed E-state index contributed by atoms with van der Waals surface area (Å²) in [6.07, 6.45) is 0. The summed E-state index contributed by atoms with van der Waals surface area (Å²) in [5, 5.41) is 3.89. The Balaban J connectivity index is 1.68. The minimum Gasteiger partial charge on any atom is -0.497 e. The Kier molecular flexibility index (Phi) is 5.93. The Hall–Kier alpha value is -2.64. The first-order valence-corrected chi connectivity index (χ1v) is 9.41. The lowest BCUT2D eigenvalue weighted by Crippen LogP contribution is -2.32. The van der Waals surface area contributed by atoms with Crippen LogP contribution in [0.1, 0.15) is 18.0 Å². The summed E-state index contributed by atoms with van der Waals surface area (Å²) >= 11 is 1.65. The van der Waals surface area contributed by atoms with Gasteiger partial charge >= 0.3 is 0 Å². The molecule has 0 unspecified atom stereocenters. The van der Waals surface area contributed by atoms with Crippen molar-refractivity contribution in [2.24, 2.45) is 0 Å². The maximum absolute atomic E-state index is 12.5. The minimum atomic E-state index is -0.128. The average molecular weight is 385 g/mol. The van der Waals surface area contributed by atoms with Crippen LogP contribution in [0.2, 0.25) is 0 Å². The third-order valence-corrected chi connectivity index (χ3v) is 5.61. The van der Waals surface area contributed by atoms with Gasteiger partial charge in [0.25, 0.3) is 0 Å². The number of nitrogens with zero attached hydrogens (tertiary/aromatic N) is 2. The molecular formula is C20H23N3O3S. The van der Waals surface area contributed by atoms with Crippen LogP contribution in [0.4, 0.5) is 5.69 Å². The molecular weight excluding hydrogens is 362 g/mol. The molecule has 1 heterocycles. The van der Waals surface area contributed by atoms with E-state index in [9.17, 15) is 4.79 Å². The van der Waals surface area contributed by atoms with E-state index in [-0.39, 0.29) is 18.5 Å². The molecule has 6 nitrogen and oxygen atoms in total. The molecule has 0 saturated carbocycles. The van der Waals surface area contributed by atoms with Crippen molar-refractivity contribution in [3.63, 3.8) is 0 Å². The summed E-state index contributed by atoms with van der Waals surface area (Å²) in [6.45, 7) is 2.29. The number of aromatic nitrogens is 1. The van der Waals surface area contributed by atoms with Gasteiger partial charge in [-0.15, -0.1) is 11.3 Å². The number of methoxy groups -OCH3 is 2. The van der Waals surface area contributed by atoms with Gasteiger partial charge in [-0.05, 0) is 38.2 Å². The predicted octanol–water partition coefficient (Wildman–Crippen LogP) is 3.95. The van der Waals surface area contributed by atoms with E-state index in [4.69, 9.17) is 9.47 Å². The zero-order valence-corrected chi connectivity index (χ0v) is 16.7. The van der Waals surface area contributed by atoms with Crippen molar-refractivity contribution >= 4 is 33.1 Å². The monoisotopic (exact) mass is 385 g/mol. The molecule has 1 amide bonds. The number of hydrogen-bond donors (Lipinski definition) is 1. The van der Waals surface area contributed by atoms with Gasteiger partial charge in [-0.3, -0.25) is 9.69 Å². The molecule has 3 rings (SSSR count). The maximum Gasteiger partial charge on any atom is 0.238 e. The number of thiazole rings is 1. The lowest BCUT2D eigenvalue weighted by molar-refractivity contribution is -0.117. The highest BCUT2D eigenvalue weighted by Gasteiger charge is 2.19. The first kappa shape index (κ1) is 19.1. The van der Waals surface area contributed by atoms with Gasteiger partial charge in [-0.25, -0.2) is 4.98 Å². The van der Waals surface area contributed by atoms with Gasteiger partial charge in [0, 0.05) is 6.07 Å². The molecule has 7 heteroatoms. The minimum absolute atomic E-state index is 0.0281. The Labute approximate surface area is 162 Å². The Bertz CT molecular complexity index is 908. The average Bonchev–Trinajstić information content (AvgIpc) is 3.11. The molecule has 27 heavy (non-hydrogen) atoms. The second-order valence-corrected chi connectivity index (χ2v) is 7.29. The van der Waals surface area contributed by atoms with Gasteiger partial charge in [-0.1, -0.05) is 12.1 Å². The predicted molar refractivity (Wildman–Crippen MR) is 109 cm³/mol. The van der Waals surface area contributed by atoms with Gasteiger partial charge in [0.1, 0.15) is 16.5 Å². The summed E-state index contributed by atoms with van der Waals surface area (Å²) in [6, 6.07) is 13.4. The Morgan fingerprint density at radius 2 is 2.00 bits per heavy atom. The second kappa shape index (κ2) is 8.37. The SMILES string of the molecule is COc1ccc(OC)c(NC(=O)CN(C)[C@@H](C)c2nc3ccccc3s2)c1. The number of amides is 1. The van der Waals surface area contributed by atoms with Crippen molar-refractivity contribution in [1.82, 2.24) is 9.88 Å². The van der Waals surface area contributed by atoms with Crippen molar-refractivity contribution in [3.8, 4) is 11.5 Å². The van der Waals surface area contributed by atoms with Crippen molar-refractivity contribution in [3.05, 3.63) is 47.5 Å². The zero-order chi connectivity index (χ0) is 19.4. The number of fused-ring (bicyclic) bond motifs is 1. The van der Waals surface area contributed by atoms with Crippen molar-refractivity contribution in [1.29, 1.82) is 0 Å². The van der Waals surface area contributed by atoms with Crippen molar-refractivity contribution in [2.45, 2.75) is 13.0 Å². The highest BCUT2D eigenvalue weighted by atomic mass is 32.1. The van der Waals surface area contributed by atoms with E-state index in [0.29, 0.717) is 17.2 Å². The number of ether oxygens (including phenoxy) is 2. The first-order valence-electron chi connectivity index (χ1n) is 8.59. The van der Waals surface area contributed by atoms with Gasteiger partial charge in [-0.2, -0.15) is 0 Å². The smallest absolute Gasteiger partial charge is 0.238 e. The number of anilines is 1. The standard InChI is InChI=1S/C20H23N3O3S/c1-13(20-22-15-7-5-6-8-18(15)27-20)23(2)12-19(24)21-16-11-14(25-3)9-10-17(16)26-4/h5-11,13H,12H2,1-4H3,(H,21,24)/t13-/m0/s1. The van der Waals surface area contributed by atoms with Crippen LogP contribution in [0, 0.1) is 0 Å². The lowest BCUT2D eigenvalue weighted by atomic mass is 10.2. The summed E-state index contributed by atoms with van der Waals surface area (Å²) in [7, 11) is 5.07. The summed E-state index contributed by atoms with van der Waals surface area (Å²) < 4.78 is 11.7. The second-order valence-electron chi connectivity index (χ2n) is 6.23. The maximum atomic E-state index is 12.5. The summed E-state index contributed by atoms with van der Waals surface area (Å²) in [5.74, 6) is 1.12. The quantitative estimate of drug-likeness (QED) is 0.667. The molecule has 0 fully saturated rings. The number of rotatable bonds is 7. The van der Waals surface area contributed by atoms with E-state index >= 15 is 0 Å². The van der Waals surface area contributed by atoms with Gasteiger partial charge in [0.05, 0.1) is 42.7 Å². The van der Waals surface area contributed by atoms with Crippen LogP contribution in [0.3, 0.4) is 0 Å². The molecule has 3 aromatic rings. The fourth-order valence-electron chi connectivity index (χ4n) is 2.72. The largest absolute Gasteiger partial charge is 0.497 e. The molecule has 1 atom stereocenters. The molecule has 0 aliphatic heterocycles. The highest BCUT2D eigenvalue weighted by Crippen LogP contribution is 2.30. The van der Waals surface area contributed by atoms with Crippen LogP contribution >= 0.6 is 11.3 Å². The number of carbonyl (C=O) groups excluding carboxylic acids is 1. The van der Waals surface area contributed by atoms with E-state index < -0.39 is 0 Å². The summed E-state index contributed by atoms with van der Waals surface area (Å²) in [4.78, 5) is 19.2. The molecule has 0 aliphatic carbocycles. The van der Waals surface area contributed by atoms with Crippen molar-refractivity contribution in [2.75, 3.05) is 33.1 Å². The Morgan fingerprint density at radius 3 is 2.70 bits per heavy atom. The van der Waals surface area contributed by atoms with Gasteiger partial charge in [0.15, 0.2) is 0 Å². The molecule has 142 valence electrons. The first-order chi connectivity index (χ1) is 13.0. The Morgan fingerprint density at radius 1 is 1.22 bits per heavy atom. The molecule has 1 aromatic heterocycles. The van der Waals surface area contributed by atoms with Crippen LogP contribution in [0.5, 0.6) is 11.5 Å². The number of benzene rings is 2. The zero-order valence-electron chi connectivity index (χ0n) is 15.9. The normalized spacial score (nSPS) is 12.2. The molecule has 2 aromatic carbocycles. The van der Waals surface area contributed by atoms with Crippen LogP contribution < -0.4 is 14.8 Å². The van der Waals surface area contributed by atoms with E-state index in [2.05, 4.69) is 23.3 Å². The number of likely N-dealkylation sites (N-methyl/N-ethyl adjacent to an activating group) is 1. The van der Waals surface area contributed by atoms with Gasteiger partial charge < -0.3 is 14.8 Å². The van der Waals surface area contributed by atoms with Crippen LogP contribution in [0.25, 0.3) is 10.2 Å². The lowest BCUT2D eigenvalue weighted by Gasteiger charge is -2.22. The molecule has 1 N–H and O–H groups in total. The third kappa shape index (κ3) is 4.37. The van der Waals surface area contributed by atoms with Crippen LogP contribution in [-0.2, 0) is 4.79 Å². The third-order valence-electron chi connectivity index (χ3n) is 4.40. The number of hydrogen-bond acceptors (Lipinski definition) is 6. The fraction of sp³-hybridized carbons (Fsp3) is 0.300. The van der Waals surface area contributed by atoms with Crippen LogP contribution in [0.15, 0.2) is 42.5 Å². The van der Waals surface area contributed by atoms with Crippen LogP contribution in [-0.4, -0.2) is 43.6 Å². The molecule has 0 spiro atoms. The molecule has 0 aliphatic rings. The molecule has 0 radical (unpaired) electrons. The van der Waals surface area contributed by atoms with Gasteiger partial charge in [0.2, 0.25) is 5.91 Å². The van der Waals surface area contributed by atoms with E-state index in [1.807, 2.05) is 30.1 Å². The molecule has 0 bridgehead atoms. The molecule has 0 saturated heterocycles.